The van der Waals surface area contributed by atoms with Crippen molar-refractivity contribution < 1.29 is 9.15 Å². The first-order valence-corrected chi connectivity index (χ1v) is 7.28. The lowest BCUT2D eigenvalue weighted by atomic mass is 10.2. The monoisotopic (exact) mass is 291 g/mol. The molecule has 1 aliphatic rings. The molecular weight excluding hydrogens is 274 g/mol. The van der Waals surface area contributed by atoms with Crippen LogP contribution >= 0.6 is 11.6 Å². The van der Waals surface area contributed by atoms with E-state index in [0.29, 0.717) is 23.4 Å². The fraction of sp³-hybridized carbons (Fsp3) is 0.375. The number of ether oxygens (including phenoxy) is 1. The van der Waals surface area contributed by atoms with Crippen molar-refractivity contribution in [3.8, 4) is 5.75 Å². The Kier molecular flexibility index (Phi) is 3.99. The van der Waals surface area contributed by atoms with Gasteiger partial charge in [-0.1, -0.05) is 17.7 Å². The summed E-state index contributed by atoms with van der Waals surface area (Å²) in [7, 11) is 0. The predicted molar refractivity (Wildman–Crippen MR) is 79.1 cm³/mol. The normalized spacial score (nSPS) is 14.5. The van der Waals surface area contributed by atoms with Crippen molar-refractivity contribution in [1.82, 2.24) is 5.32 Å². The van der Waals surface area contributed by atoms with Crippen LogP contribution in [0.15, 0.2) is 34.9 Å². The van der Waals surface area contributed by atoms with E-state index in [-0.39, 0.29) is 0 Å². The van der Waals surface area contributed by atoms with Gasteiger partial charge < -0.3 is 14.5 Å². The van der Waals surface area contributed by atoms with Crippen LogP contribution in [0.1, 0.15) is 29.7 Å². The number of rotatable bonds is 6. The van der Waals surface area contributed by atoms with Gasteiger partial charge in [-0.2, -0.15) is 0 Å². The molecule has 1 heterocycles. The lowest BCUT2D eigenvalue weighted by molar-refractivity contribution is 0.268. The lowest BCUT2D eigenvalue weighted by Crippen LogP contribution is -2.16. The predicted octanol–water partition coefficient (Wildman–Crippen LogP) is 4.07. The van der Waals surface area contributed by atoms with E-state index in [1.807, 2.05) is 31.2 Å². The van der Waals surface area contributed by atoms with Gasteiger partial charge in [-0.3, -0.25) is 0 Å². The molecule has 1 saturated carbocycles. The standard InChI is InChI=1S/C16H18ClNO2/c1-11-2-5-14(17)15(8-11)20-10-16-12(6-7-19-16)9-18-13-3-4-13/h2,5-8,13,18H,3-4,9-10H2,1H3. The van der Waals surface area contributed by atoms with Crippen molar-refractivity contribution in [1.29, 1.82) is 0 Å². The SMILES string of the molecule is Cc1ccc(Cl)c(OCc2occc2CNC2CC2)c1. The number of hydrogen-bond donors (Lipinski definition) is 1. The van der Waals surface area contributed by atoms with Crippen molar-refractivity contribution in [2.45, 2.75) is 39.0 Å². The van der Waals surface area contributed by atoms with Gasteiger partial charge >= 0.3 is 0 Å². The van der Waals surface area contributed by atoms with E-state index in [1.165, 1.54) is 12.8 Å². The maximum atomic E-state index is 6.12. The minimum atomic E-state index is 0.401. The van der Waals surface area contributed by atoms with E-state index < -0.39 is 0 Å². The van der Waals surface area contributed by atoms with E-state index in [4.69, 9.17) is 20.8 Å². The van der Waals surface area contributed by atoms with Crippen LogP contribution in [-0.2, 0) is 13.2 Å². The second-order valence-corrected chi connectivity index (χ2v) is 5.65. The summed E-state index contributed by atoms with van der Waals surface area (Å²) in [5.74, 6) is 1.56. The molecule has 0 radical (unpaired) electrons. The molecule has 1 aromatic carbocycles. The van der Waals surface area contributed by atoms with Gasteiger partial charge in [0.2, 0.25) is 0 Å². The summed E-state index contributed by atoms with van der Waals surface area (Å²) in [5, 5.41) is 4.10. The summed E-state index contributed by atoms with van der Waals surface area (Å²) < 4.78 is 11.3. The van der Waals surface area contributed by atoms with E-state index >= 15 is 0 Å². The van der Waals surface area contributed by atoms with Crippen LogP contribution in [0.2, 0.25) is 5.02 Å². The second kappa shape index (κ2) is 5.90. The van der Waals surface area contributed by atoms with Crippen molar-refractivity contribution in [2.75, 3.05) is 0 Å². The van der Waals surface area contributed by atoms with Gasteiger partial charge in [0.1, 0.15) is 18.1 Å². The molecule has 0 unspecified atom stereocenters. The molecular formula is C16H18ClNO2. The Morgan fingerprint density at radius 2 is 2.20 bits per heavy atom. The molecule has 1 fully saturated rings. The number of benzene rings is 1. The molecule has 0 bridgehead atoms. The highest BCUT2D eigenvalue weighted by atomic mass is 35.5. The smallest absolute Gasteiger partial charge is 0.146 e. The summed E-state index contributed by atoms with van der Waals surface area (Å²) >= 11 is 6.12. The minimum absolute atomic E-state index is 0.401. The fourth-order valence-corrected chi connectivity index (χ4v) is 2.23. The van der Waals surface area contributed by atoms with Crippen molar-refractivity contribution in [3.63, 3.8) is 0 Å². The van der Waals surface area contributed by atoms with E-state index in [1.54, 1.807) is 6.26 Å². The third-order valence-corrected chi connectivity index (χ3v) is 3.75. The topological polar surface area (TPSA) is 34.4 Å². The number of halogens is 1. The second-order valence-electron chi connectivity index (χ2n) is 5.25. The Balaban J connectivity index is 1.62. The summed E-state index contributed by atoms with van der Waals surface area (Å²) in [6.07, 6.45) is 4.27. The zero-order valence-electron chi connectivity index (χ0n) is 11.5. The molecule has 2 aromatic rings. The Morgan fingerprint density at radius 3 is 3.00 bits per heavy atom. The van der Waals surface area contributed by atoms with Crippen LogP contribution in [0, 0.1) is 6.92 Å². The third kappa shape index (κ3) is 3.35. The molecule has 0 atom stereocenters. The van der Waals surface area contributed by atoms with E-state index in [0.717, 1.165) is 23.4 Å². The summed E-state index contributed by atoms with van der Waals surface area (Å²) in [6.45, 7) is 3.25. The Labute approximate surface area is 123 Å². The largest absolute Gasteiger partial charge is 0.484 e. The maximum absolute atomic E-state index is 6.12. The van der Waals surface area contributed by atoms with Crippen LogP contribution < -0.4 is 10.1 Å². The molecule has 0 spiro atoms. The Hall–Kier alpha value is -1.45. The molecule has 0 saturated heterocycles. The molecule has 20 heavy (non-hydrogen) atoms. The molecule has 1 N–H and O–H groups in total. The lowest BCUT2D eigenvalue weighted by Gasteiger charge is -2.09. The highest BCUT2D eigenvalue weighted by molar-refractivity contribution is 6.32. The van der Waals surface area contributed by atoms with Crippen LogP contribution in [-0.4, -0.2) is 6.04 Å². The van der Waals surface area contributed by atoms with E-state index in [2.05, 4.69) is 5.32 Å². The first-order chi connectivity index (χ1) is 9.72. The molecule has 4 heteroatoms. The molecule has 106 valence electrons. The molecule has 0 aliphatic heterocycles. The van der Waals surface area contributed by atoms with Gasteiger partial charge in [-0.05, 0) is 43.5 Å². The minimum Gasteiger partial charge on any atom is -0.484 e. The molecule has 0 amide bonds. The van der Waals surface area contributed by atoms with E-state index in [9.17, 15) is 0 Å². The van der Waals surface area contributed by atoms with Crippen molar-refractivity contribution >= 4 is 11.6 Å². The van der Waals surface area contributed by atoms with Gasteiger partial charge in [0.05, 0.1) is 11.3 Å². The summed E-state index contributed by atoms with van der Waals surface area (Å²) in [4.78, 5) is 0. The fourth-order valence-electron chi connectivity index (χ4n) is 2.06. The molecule has 1 aromatic heterocycles. The van der Waals surface area contributed by atoms with Gasteiger partial charge in [0.25, 0.3) is 0 Å². The maximum Gasteiger partial charge on any atom is 0.146 e. The van der Waals surface area contributed by atoms with Crippen LogP contribution in [0.25, 0.3) is 0 Å². The first-order valence-electron chi connectivity index (χ1n) is 6.90. The third-order valence-electron chi connectivity index (χ3n) is 3.44. The number of furan rings is 1. The number of aryl methyl sites for hydroxylation is 1. The van der Waals surface area contributed by atoms with Crippen LogP contribution in [0.4, 0.5) is 0 Å². The highest BCUT2D eigenvalue weighted by Crippen LogP contribution is 2.27. The zero-order valence-corrected chi connectivity index (χ0v) is 12.2. The van der Waals surface area contributed by atoms with Crippen molar-refractivity contribution in [2.24, 2.45) is 0 Å². The van der Waals surface area contributed by atoms with Gasteiger partial charge in [0.15, 0.2) is 0 Å². The molecule has 3 rings (SSSR count). The number of nitrogens with one attached hydrogen (secondary N) is 1. The molecule has 3 nitrogen and oxygen atoms in total. The average Bonchev–Trinajstić information content (AvgIpc) is 3.16. The van der Waals surface area contributed by atoms with Crippen LogP contribution in [0.5, 0.6) is 5.75 Å². The molecule has 1 aliphatic carbocycles. The van der Waals surface area contributed by atoms with Crippen molar-refractivity contribution in [3.05, 3.63) is 52.4 Å². The Bertz CT molecular complexity index is 590. The quantitative estimate of drug-likeness (QED) is 0.871. The highest BCUT2D eigenvalue weighted by Gasteiger charge is 2.21. The number of hydrogen-bond acceptors (Lipinski definition) is 3. The zero-order chi connectivity index (χ0) is 13.9. The van der Waals surface area contributed by atoms with Crippen LogP contribution in [0.3, 0.4) is 0 Å². The van der Waals surface area contributed by atoms with Gasteiger partial charge in [0, 0.05) is 18.2 Å². The summed E-state index contributed by atoms with van der Waals surface area (Å²) in [6, 6.07) is 8.43. The average molecular weight is 292 g/mol. The Morgan fingerprint density at radius 1 is 1.35 bits per heavy atom. The van der Waals surface area contributed by atoms with Gasteiger partial charge in [-0.15, -0.1) is 0 Å². The summed E-state index contributed by atoms with van der Waals surface area (Å²) in [5.41, 5.74) is 2.28. The van der Waals surface area contributed by atoms with Gasteiger partial charge in [-0.25, -0.2) is 0 Å². The first kappa shape index (κ1) is 13.5.